The van der Waals surface area contributed by atoms with Crippen LogP contribution in [-0.2, 0) is 0 Å². The Morgan fingerprint density at radius 1 is 1.50 bits per heavy atom. The van der Waals surface area contributed by atoms with E-state index in [1.165, 1.54) is 0 Å². The molecule has 0 spiro atoms. The summed E-state index contributed by atoms with van der Waals surface area (Å²) in [5, 5.41) is 0. The summed E-state index contributed by atoms with van der Waals surface area (Å²) in [4.78, 5) is 4.39. The largest absolute Gasteiger partial charge is 0.448 e. The fourth-order valence-electron chi connectivity index (χ4n) is 1.06. The lowest BCUT2D eigenvalue weighted by Gasteiger charge is -1.95. The maximum Gasteiger partial charge on any atom is 0.197 e. The Labute approximate surface area is 85.4 Å². The van der Waals surface area contributed by atoms with Crippen LogP contribution in [0.15, 0.2) is 28.9 Å². The first-order valence-corrected chi connectivity index (χ1v) is 4.90. The Balaban J connectivity index is 2.86. The van der Waals surface area contributed by atoms with E-state index in [1.807, 2.05) is 32.1 Å². The Morgan fingerprint density at radius 2 is 2.21 bits per heavy atom. The van der Waals surface area contributed by atoms with E-state index in [-0.39, 0.29) is 0 Å². The van der Waals surface area contributed by atoms with Gasteiger partial charge >= 0.3 is 0 Å². The highest BCUT2D eigenvalue weighted by Crippen LogP contribution is 2.18. The van der Waals surface area contributed by atoms with Crippen LogP contribution in [0.5, 0.6) is 0 Å². The Bertz CT molecular complexity index is 345. The minimum atomic E-state index is 0.346. The predicted molar refractivity (Wildman–Crippen MR) is 59.1 cm³/mol. The van der Waals surface area contributed by atoms with Crippen molar-refractivity contribution >= 4 is 5.57 Å². The summed E-state index contributed by atoms with van der Waals surface area (Å²) < 4.78 is 5.35. The number of hydrogen-bond acceptors (Lipinski definition) is 2. The molecule has 0 unspecified atom stereocenters. The first-order valence-electron chi connectivity index (χ1n) is 4.90. The number of nitrogens with zero attached hydrogens (tertiary/aromatic N) is 1. The molecule has 0 atom stereocenters. The number of oxazole rings is 1. The van der Waals surface area contributed by atoms with Gasteiger partial charge in [-0.3, -0.25) is 0 Å². The lowest BCUT2D eigenvalue weighted by atomic mass is 10.2. The minimum absolute atomic E-state index is 0.346. The quantitative estimate of drug-likeness (QED) is 0.679. The number of allylic oxidation sites excluding steroid dienone is 4. The third kappa shape index (κ3) is 2.59. The summed E-state index contributed by atoms with van der Waals surface area (Å²) in [6.07, 6.45) is 7.73. The predicted octanol–water partition coefficient (Wildman–Crippen LogP) is 3.78. The summed E-state index contributed by atoms with van der Waals surface area (Å²) >= 11 is 0. The van der Waals surface area contributed by atoms with Crippen molar-refractivity contribution in [1.29, 1.82) is 0 Å². The van der Waals surface area contributed by atoms with Crippen molar-refractivity contribution in [2.45, 2.75) is 33.6 Å². The third-order valence-electron chi connectivity index (χ3n) is 1.96. The molecule has 76 valence electrons. The zero-order valence-electron chi connectivity index (χ0n) is 9.24. The molecule has 0 aromatic carbocycles. The van der Waals surface area contributed by atoms with Crippen molar-refractivity contribution in [3.8, 4) is 0 Å². The van der Waals surface area contributed by atoms with Gasteiger partial charge in [-0.15, -0.1) is 0 Å². The van der Waals surface area contributed by atoms with Crippen molar-refractivity contribution in [3.05, 3.63) is 36.1 Å². The SMILES string of the molecule is C/C=C\C=C(/C)c1coc(C(C)C)n1. The summed E-state index contributed by atoms with van der Waals surface area (Å²) in [5.74, 6) is 1.14. The number of aromatic nitrogens is 1. The Hall–Kier alpha value is -1.31. The minimum Gasteiger partial charge on any atom is -0.448 e. The molecule has 1 heterocycles. The maximum atomic E-state index is 5.35. The van der Waals surface area contributed by atoms with Crippen LogP contribution < -0.4 is 0 Å². The van der Waals surface area contributed by atoms with Gasteiger partial charge in [0.1, 0.15) is 12.0 Å². The molecule has 0 bridgehead atoms. The van der Waals surface area contributed by atoms with Crippen molar-refractivity contribution in [3.63, 3.8) is 0 Å². The third-order valence-corrected chi connectivity index (χ3v) is 1.96. The van der Waals surface area contributed by atoms with E-state index in [1.54, 1.807) is 6.26 Å². The van der Waals surface area contributed by atoms with E-state index in [9.17, 15) is 0 Å². The van der Waals surface area contributed by atoms with E-state index in [2.05, 4.69) is 18.8 Å². The summed E-state index contributed by atoms with van der Waals surface area (Å²) in [7, 11) is 0. The standard InChI is InChI=1S/C12H17NO/c1-5-6-7-10(4)11-8-14-12(13-11)9(2)3/h5-9H,1-4H3/b6-5-,10-7+. The molecule has 0 aliphatic rings. The maximum absolute atomic E-state index is 5.35. The van der Waals surface area contributed by atoms with Gasteiger partial charge in [-0.05, 0) is 19.4 Å². The fraction of sp³-hybridized carbons (Fsp3) is 0.417. The zero-order chi connectivity index (χ0) is 10.6. The molecule has 1 rings (SSSR count). The van der Waals surface area contributed by atoms with E-state index >= 15 is 0 Å². The first kappa shape index (κ1) is 10.8. The normalized spacial score (nSPS) is 13.1. The molecule has 1 aromatic rings. The first-order chi connectivity index (χ1) is 6.65. The van der Waals surface area contributed by atoms with Crippen molar-refractivity contribution in [1.82, 2.24) is 4.98 Å². The highest BCUT2D eigenvalue weighted by molar-refractivity contribution is 5.61. The van der Waals surface area contributed by atoms with Crippen LogP contribution in [0.1, 0.15) is 45.2 Å². The molecule has 2 nitrogen and oxygen atoms in total. The van der Waals surface area contributed by atoms with Crippen molar-refractivity contribution in [2.75, 3.05) is 0 Å². The molecule has 1 aromatic heterocycles. The van der Waals surface area contributed by atoms with Gasteiger partial charge in [0.2, 0.25) is 0 Å². The Kier molecular flexibility index (Phi) is 3.69. The number of rotatable bonds is 3. The van der Waals surface area contributed by atoms with E-state index in [0.29, 0.717) is 5.92 Å². The van der Waals surface area contributed by atoms with Gasteiger partial charge in [0.25, 0.3) is 0 Å². The zero-order valence-corrected chi connectivity index (χ0v) is 9.24. The van der Waals surface area contributed by atoms with Crippen LogP contribution in [-0.4, -0.2) is 4.98 Å². The van der Waals surface area contributed by atoms with E-state index in [0.717, 1.165) is 17.2 Å². The summed E-state index contributed by atoms with van der Waals surface area (Å²) in [5.41, 5.74) is 2.05. The molecule has 0 saturated heterocycles. The molecule has 0 fully saturated rings. The second-order valence-electron chi connectivity index (χ2n) is 3.60. The van der Waals surface area contributed by atoms with Crippen molar-refractivity contribution < 1.29 is 4.42 Å². The lowest BCUT2D eigenvalue weighted by Crippen LogP contribution is -1.87. The molecule has 0 aliphatic heterocycles. The Morgan fingerprint density at radius 3 is 2.71 bits per heavy atom. The molecule has 0 saturated carbocycles. The van der Waals surface area contributed by atoms with Crippen LogP contribution in [0.25, 0.3) is 5.57 Å². The van der Waals surface area contributed by atoms with Crippen LogP contribution in [0, 0.1) is 0 Å². The van der Waals surface area contributed by atoms with E-state index in [4.69, 9.17) is 4.42 Å². The molecule has 0 N–H and O–H groups in total. The second-order valence-corrected chi connectivity index (χ2v) is 3.60. The van der Waals surface area contributed by atoms with Crippen LogP contribution in [0.2, 0.25) is 0 Å². The molecular weight excluding hydrogens is 174 g/mol. The number of hydrogen-bond donors (Lipinski definition) is 0. The average molecular weight is 191 g/mol. The molecule has 2 heteroatoms. The van der Waals surface area contributed by atoms with Gasteiger partial charge in [-0.1, -0.05) is 32.1 Å². The molecule has 0 aliphatic carbocycles. The lowest BCUT2D eigenvalue weighted by molar-refractivity contribution is 0.471. The monoisotopic (exact) mass is 191 g/mol. The van der Waals surface area contributed by atoms with Gasteiger partial charge in [0.05, 0.1) is 0 Å². The van der Waals surface area contributed by atoms with Crippen LogP contribution in [0.3, 0.4) is 0 Å². The van der Waals surface area contributed by atoms with E-state index < -0.39 is 0 Å². The topological polar surface area (TPSA) is 26.0 Å². The highest BCUT2D eigenvalue weighted by Gasteiger charge is 2.07. The highest BCUT2D eigenvalue weighted by atomic mass is 16.3. The molecular formula is C12H17NO. The van der Waals surface area contributed by atoms with Gasteiger partial charge in [0, 0.05) is 5.92 Å². The smallest absolute Gasteiger partial charge is 0.197 e. The van der Waals surface area contributed by atoms with Crippen molar-refractivity contribution in [2.24, 2.45) is 0 Å². The van der Waals surface area contributed by atoms with Gasteiger partial charge < -0.3 is 4.42 Å². The fourth-order valence-corrected chi connectivity index (χ4v) is 1.06. The summed E-state index contributed by atoms with van der Waals surface area (Å²) in [6, 6.07) is 0. The van der Waals surface area contributed by atoms with Crippen LogP contribution in [0.4, 0.5) is 0 Å². The molecule has 0 radical (unpaired) electrons. The molecule has 0 amide bonds. The molecule has 14 heavy (non-hydrogen) atoms. The van der Waals surface area contributed by atoms with Gasteiger partial charge in [-0.25, -0.2) is 4.98 Å². The average Bonchev–Trinajstić information content (AvgIpc) is 2.62. The second kappa shape index (κ2) is 4.80. The van der Waals surface area contributed by atoms with Gasteiger partial charge in [0.15, 0.2) is 5.89 Å². The summed E-state index contributed by atoms with van der Waals surface area (Å²) in [6.45, 7) is 8.16. The van der Waals surface area contributed by atoms with Gasteiger partial charge in [-0.2, -0.15) is 0 Å². The van der Waals surface area contributed by atoms with Crippen LogP contribution >= 0.6 is 0 Å².